The van der Waals surface area contributed by atoms with Gasteiger partial charge >= 0.3 is 0 Å². The van der Waals surface area contributed by atoms with E-state index in [2.05, 4.69) is 34.9 Å². The van der Waals surface area contributed by atoms with Gasteiger partial charge in [-0.15, -0.1) is 0 Å². The lowest BCUT2D eigenvalue weighted by atomic mass is 10.0. The first-order chi connectivity index (χ1) is 16.6. The third-order valence-electron chi connectivity index (χ3n) is 5.76. The number of rotatable bonds is 12. The van der Waals surface area contributed by atoms with Crippen molar-refractivity contribution in [1.29, 1.82) is 0 Å². The van der Waals surface area contributed by atoms with E-state index in [1.807, 2.05) is 62.4 Å². The van der Waals surface area contributed by atoms with Gasteiger partial charge in [0.1, 0.15) is 11.5 Å². The molecule has 2 heterocycles. The number of hydrogen-bond donors (Lipinski definition) is 2. The smallest absolute Gasteiger partial charge is 0.263 e. The predicted molar refractivity (Wildman–Crippen MR) is 134 cm³/mol. The first-order valence-corrected chi connectivity index (χ1v) is 11.8. The Bertz CT molecular complexity index is 1100. The Morgan fingerprint density at radius 2 is 1.09 bits per heavy atom. The fraction of sp³-hybridized carbons (Fsp3) is 0.276. The minimum atomic E-state index is -0.183. The second kappa shape index (κ2) is 11.6. The number of furan rings is 2. The molecular formula is C29H32N2O3. The van der Waals surface area contributed by atoms with E-state index in [1.165, 1.54) is 11.1 Å². The normalized spacial score (nSPS) is 11.1. The van der Waals surface area contributed by atoms with Crippen molar-refractivity contribution in [1.82, 2.24) is 10.6 Å². The third kappa shape index (κ3) is 6.34. The molecule has 2 aromatic carbocycles. The highest BCUT2D eigenvalue weighted by Gasteiger charge is 2.25. The van der Waals surface area contributed by atoms with Crippen molar-refractivity contribution in [3.63, 3.8) is 0 Å². The van der Waals surface area contributed by atoms with Crippen LogP contribution in [0.4, 0.5) is 0 Å². The molecule has 2 N–H and O–H groups in total. The Balaban J connectivity index is 1.36. The molecule has 0 fully saturated rings. The lowest BCUT2D eigenvalue weighted by Gasteiger charge is -2.06. The fourth-order valence-electron chi connectivity index (χ4n) is 4.10. The molecule has 0 aliphatic rings. The predicted octanol–water partition coefficient (Wildman–Crippen LogP) is 5.39. The van der Waals surface area contributed by atoms with Crippen LogP contribution in [0.5, 0.6) is 0 Å². The molecule has 0 aliphatic carbocycles. The standard InChI is InChI=1S/C29H32N2O3/c1-21-17-25(13-15-30-19-23-9-5-3-6-10-23)28(33-21)27(32)29-26(18-22(2)34-29)14-16-31-20-24-11-7-4-8-12-24/h3-12,17-18,30-31H,13-16,19-20H2,1-2H3. The van der Waals surface area contributed by atoms with Crippen molar-refractivity contribution in [2.45, 2.75) is 39.8 Å². The molecular weight excluding hydrogens is 424 g/mol. The van der Waals surface area contributed by atoms with Gasteiger partial charge in [-0.2, -0.15) is 0 Å². The molecule has 34 heavy (non-hydrogen) atoms. The Morgan fingerprint density at radius 3 is 1.50 bits per heavy atom. The van der Waals surface area contributed by atoms with Crippen LogP contribution in [0.25, 0.3) is 0 Å². The van der Waals surface area contributed by atoms with Gasteiger partial charge in [0.25, 0.3) is 5.78 Å². The summed E-state index contributed by atoms with van der Waals surface area (Å²) in [6, 6.07) is 24.5. The van der Waals surface area contributed by atoms with Crippen LogP contribution in [0.1, 0.15) is 50.1 Å². The zero-order valence-corrected chi connectivity index (χ0v) is 19.9. The second-order valence-electron chi connectivity index (χ2n) is 8.58. The molecule has 4 aromatic rings. The molecule has 0 amide bonds. The molecule has 0 saturated heterocycles. The maximum Gasteiger partial charge on any atom is 0.263 e. The molecule has 0 spiro atoms. The van der Waals surface area contributed by atoms with Gasteiger partial charge in [0.15, 0.2) is 11.5 Å². The average Bonchev–Trinajstić information content (AvgIpc) is 3.42. The van der Waals surface area contributed by atoms with E-state index in [0.29, 0.717) is 24.4 Å². The molecule has 5 heteroatoms. The van der Waals surface area contributed by atoms with Crippen LogP contribution >= 0.6 is 0 Å². The van der Waals surface area contributed by atoms with E-state index in [4.69, 9.17) is 8.83 Å². The molecule has 0 unspecified atom stereocenters. The van der Waals surface area contributed by atoms with Gasteiger partial charge in [-0.1, -0.05) is 60.7 Å². The van der Waals surface area contributed by atoms with Crippen LogP contribution < -0.4 is 10.6 Å². The van der Waals surface area contributed by atoms with Crippen LogP contribution in [0, 0.1) is 13.8 Å². The molecule has 176 valence electrons. The van der Waals surface area contributed by atoms with Crippen molar-refractivity contribution in [2.24, 2.45) is 0 Å². The molecule has 0 radical (unpaired) electrons. The van der Waals surface area contributed by atoms with Crippen LogP contribution in [0.15, 0.2) is 81.6 Å². The topological polar surface area (TPSA) is 67.4 Å². The van der Waals surface area contributed by atoms with Gasteiger partial charge in [0.05, 0.1) is 0 Å². The van der Waals surface area contributed by atoms with Gasteiger partial charge < -0.3 is 19.5 Å². The van der Waals surface area contributed by atoms with Gasteiger partial charge in [-0.05, 0) is 63.0 Å². The van der Waals surface area contributed by atoms with Gasteiger partial charge in [-0.25, -0.2) is 0 Å². The maximum atomic E-state index is 13.4. The Labute approximate surface area is 201 Å². The summed E-state index contributed by atoms with van der Waals surface area (Å²) in [6.45, 7) is 6.83. The van der Waals surface area contributed by atoms with Crippen LogP contribution in [0.3, 0.4) is 0 Å². The summed E-state index contributed by atoms with van der Waals surface area (Å²) in [4.78, 5) is 13.4. The highest BCUT2D eigenvalue weighted by molar-refractivity contribution is 6.07. The van der Waals surface area contributed by atoms with Crippen molar-refractivity contribution in [3.8, 4) is 0 Å². The average molecular weight is 457 g/mol. The number of aryl methyl sites for hydroxylation is 2. The Hall–Kier alpha value is -3.41. The van der Waals surface area contributed by atoms with E-state index in [9.17, 15) is 4.79 Å². The Morgan fingerprint density at radius 1 is 0.676 bits per heavy atom. The third-order valence-corrected chi connectivity index (χ3v) is 5.76. The monoisotopic (exact) mass is 456 g/mol. The van der Waals surface area contributed by atoms with E-state index >= 15 is 0 Å². The van der Waals surface area contributed by atoms with Crippen molar-refractivity contribution >= 4 is 5.78 Å². The summed E-state index contributed by atoms with van der Waals surface area (Å²) in [5.74, 6) is 2.04. The molecule has 0 bridgehead atoms. The van der Waals surface area contributed by atoms with Crippen molar-refractivity contribution in [2.75, 3.05) is 13.1 Å². The lowest BCUT2D eigenvalue weighted by Crippen LogP contribution is -2.18. The fourth-order valence-corrected chi connectivity index (χ4v) is 4.10. The van der Waals surface area contributed by atoms with Gasteiger partial charge in [0.2, 0.25) is 0 Å². The van der Waals surface area contributed by atoms with E-state index < -0.39 is 0 Å². The molecule has 0 atom stereocenters. The van der Waals surface area contributed by atoms with Gasteiger partial charge in [-0.3, -0.25) is 4.79 Å². The number of benzene rings is 2. The number of carbonyl (C=O) groups excluding carboxylic acids is 1. The molecule has 0 aliphatic heterocycles. The number of carbonyl (C=O) groups is 1. The molecule has 5 nitrogen and oxygen atoms in total. The first-order valence-electron chi connectivity index (χ1n) is 11.8. The zero-order valence-electron chi connectivity index (χ0n) is 19.9. The van der Waals surface area contributed by atoms with Crippen LogP contribution in [0.2, 0.25) is 0 Å². The summed E-state index contributed by atoms with van der Waals surface area (Å²) in [7, 11) is 0. The first kappa shape index (κ1) is 23.7. The second-order valence-corrected chi connectivity index (χ2v) is 8.58. The van der Waals surface area contributed by atoms with Crippen LogP contribution in [-0.4, -0.2) is 18.9 Å². The summed E-state index contributed by atoms with van der Waals surface area (Å²) >= 11 is 0. The maximum absolute atomic E-state index is 13.4. The molecule has 0 saturated carbocycles. The summed E-state index contributed by atoms with van der Waals surface area (Å²) < 4.78 is 11.7. The van der Waals surface area contributed by atoms with Crippen molar-refractivity contribution in [3.05, 3.63) is 118 Å². The highest BCUT2D eigenvalue weighted by Crippen LogP contribution is 2.24. The quantitative estimate of drug-likeness (QED) is 0.221. The Kier molecular flexibility index (Phi) is 8.12. The molecule has 4 rings (SSSR count). The lowest BCUT2D eigenvalue weighted by molar-refractivity contribution is 0.0978. The van der Waals surface area contributed by atoms with Crippen LogP contribution in [-0.2, 0) is 25.9 Å². The number of nitrogens with one attached hydrogen (secondary N) is 2. The minimum Gasteiger partial charge on any atom is -0.457 e. The summed E-state index contributed by atoms with van der Waals surface area (Å²) in [6.07, 6.45) is 1.41. The van der Waals surface area contributed by atoms with E-state index in [1.54, 1.807) is 0 Å². The number of hydrogen-bond acceptors (Lipinski definition) is 5. The van der Waals surface area contributed by atoms with Gasteiger partial charge in [0, 0.05) is 24.2 Å². The number of ketones is 1. The summed E-state index contributed by atoms with van der Waals surface area (Å²) in [5, 5.41) is 6.89. The summed E-state index contributed by atoms with van der Waals surface area (Å²) in [5.41, 5.74) is 4.29. The highest BCUT2D eigenvalue weighted by atomic mass is 16.4. The van der Waals surface area contributed by atoms with Crippen molar-refractivity contribution < 1.29 is 13.6 Å². The largest absolute Gasteiger partial charge is 0.457 e. The van der Waals surface area contributed by atoms with E-state index in [-0.39, 0.29) is 5.78 Å². The molecule has 2 aromatic heterocycles. The SMILES string of the molecule is Cc1cc(CCNCc2ccccc2)c(C(=O)c2oc(C)cc2CCNCc2ccccc2)o1. The zero-order chi connectivity index (χ0) is 23.8. The van der Waals surface area contributed by atoms with E-state index in [0.717, 1.165) is 48.8 Å². The minimum absolute atomic E-state index is 0.183.